The van der Waals surface area contributed by atoms with Gasteiger partial charge in [0.05, 0.1) is 0 Å². The molecule has 0 unspecified atom stereocenters. The zero-order valence-corrected chi connectivity index (χ0v) is 27.6. The SMILES string of the molecule is CC1(C)c2ccccc2-c2ccc(N(c3ccccc3)c3ccc4c(c3)C3(c5cc(Br)ccc5-4)C4CC5CC(C4)CC3C5)cc21. The topological polar surface area (TPSA) is 3.24 Å². The van der Waals surface area contributed by atoms with E-state index >= 15 is 0 Å². The maximum Gasteiger partial charge on any atom is 0.0465 e. The van der Waals surface area contributed by atoms with Gasteiger partial charge in [0.25, 0.3) is 0 Å². The van der Waals surface area contributed by atoms with E-state index in [2.05, 4.69) is 144 Å². The van der Waals surface area contributed by atoms with E-state index in [0.717, 1.165) is 23.7 Å². The van der Waals surface area contributed by atoms with Crippen LogP contribution in [-0.2, 0) is 10.8 Å². The molecule has 1 spiro atoms. The molecule has 0 heterocycles. The maximum atomic E-state index is 3.90. The van der Waals surface area contributed by atoms with Crippen LogP contribution in [0.3, 0.4) is 0 Å². The lowest BCUT2D eigenvalue weighted by Crippen LogP contribution is -2.55. The van der Waals surface area contributed by atoms with Crippen molar-refractivity contribution in [3.05, 3.63) is 136 Å². The molecule has 222 valence electrons. The molecule has 0 saturated heterocycles. The van der Waals surface area contributed by atoms with Crippen molar-refractivity contribution in [3.8, 4) is 22.3 Å². The molecule has 6 aliphatic rings. The first kappa shape index (κ1) is 26.6. The number of halogens is 1. The molecule has 5 aromatic rings. The minimum absolute atomic E-state index is 0.0400. The third-order valence-electron chi connectivity index (χ3n) is 12.7. The third kappa shape index (κ3) is 3.50. The van der Waals surface area contributed by atoms with Crippen LogP contribution in [0.25, 0.3) is 22.3 Å². The largest absolute Gasteiger partial charge is 0.310 e. The summed E-state index contributed by atoms with van der Waals surface area (Å²) in [5.74, 6) is 3.34. The van der Waals surface area contributed by atoms with Gasteiger partial charge in [-0.3, -0.25) is 0 Å². The summed E-state index contributed by atoms with van der Waals surface area (Å²) < 4.78 is 1.22. The smallest absolute Gasteiger partial charge is 0.0465 e. The zero-order valence-electron chi connectivity index (χ0n) is 26.1. The van der Waals surface area contributed by atoms with Crippen LogP contribution >= 0.6 is 15.9 Å². The van der Waals surface area contributed by atoms with Gasteiger partial charge in [-0.25, -0.2) is 0 Å². The molecule has 5 aromatic carbocycles. The Labute approximate surface area is 275 Å². The standard InChI is InChI=1S/C43H38BrN/c1-42(2)38-11-7-6-10-34(38)35-16-13-32(24-39(35)42)45(31-8-4-3-5-9-31)33-14-17-37-36-15-12-30(44)23-40(36)43(41(37)25-33)28-19-26-18-27(21-28)22-29(43)20-26/h3-17,23-29H,18-22H2,1-2H3. The van der Waals surface area contributed by atoms with Crippen molar-refractivity contribution in [2.75, 3.05) is 4.90 Å². The number of anilines is 3. The highest BCUT2D eigenvalue weighted by atomic mass is 79.9. The van der Waals surface area contributed by atoms with Crippen molar-refractivity contribution in [2.24, 2.45) is 23.7 Å². The first-order valence-electron chi connectivity index (χ1n) is 17.0. The number of para-hydroxylation sites is 1. The molecule has 0 aromatic heterocycles. The van der Waals surface area contributed by atoms with E-state index in [9.17, 15) is 0 Å². The first-order chi connectivity index (χ1) is 21.9. The lowest BCUT2D eigenvalue weighted by Gasteiger charge is -2.61. The summed E-state index contributed by atoms with van der Waals surface area (Å²) in [6, 6.07) is 41.8. The van der Waals surface area contributed by atoms with Gasteiger partial charge in [-0.2, -0.15) is 0 Å². The van der Waals surface area contributed by atoms with Gasteiger partial charge in [-0.05, 0) is 149 Å². The van der Waals surface area contributed by atoms with Crippen LogP contribution in [0, 0.1) is 23.7 Å². The van der Waals surface area contributed by atoms with Crippen LogP contribution in [0.4, 0.5) is 17.1 Å². The Balaban J connectivity index is 1.18. The fourth-order valence-corrected chi connectivity index (χ4v) is 11.5. The van der Waals surface area contributed by atoms with E-state index in [0.29, 0.717) is 0 Å². The molecular weight excluding hydrogens is 610 g/mol. The summed E-state index contributed by atoms with van der Waals surface area (Å²) in [4.78, 5) is 2.52. The van der Waals surface area contributed by atoms with Crippen LogP contribution in [0.1, 0.15) is 68.2 Å². The molecule has 1 nitrogen and oxygen atoms in total. The molecule has 4 fully saturated rings. The average molecular weight is 649 g/mol. The van der Waals surface area contributed by atoms with Crippen LogP contribution in [0.15, 0.2) is 114 Å². The third-order valence-corrected chi connectivity index (χ3v) is 13.2. The molecule has 45 heavy (non-hydrogen) atoms. The van der Waals surface area contributed by atoms with Gasteiger partial charge in [0.15, 0.2) is 0 Å². The Hall–Kier alpha value is -3.62. The van der Waals surface area contributed by atoms with E-state index in [1.165, 1.54) is 87.0 Å². The van der Waals surface area contributed by atoms with Gasteiger partial charge in [0.1, 0.15) is 0 Å². The second-order valence-corrected chi connectivity index (χ2v) is 16.1. The number of hydrogen-bond donors (Lipinski definition) is 0. The van der Waals surface area contributed by atoms with Gasteiger partial charge >= 0.3 is 0 Å². The van der Waals surface area contributed by atoms with E-state index < -0.39 is 0 Å². The summed E-state index contributed by atoms with van der Waals surface area (Å²) in [7, 11) is 0. The summed E-state index contributed by atoms with van der Waals surface area (Å²) in [6.07, 6.45) is 7.05. The van der Waals surface area contributed by atoms with Crippen molar-refractivity contribution >= 4 is 33.0 Å². The first-order valence-corrected chi connectivity index (χ1v) is 17.8. The highest BCUT2D eigenvalue weighted by Gasteiger charge is 2.61. The Bertz CT molecular complexity index is 1990. The molecule has 0 N–H and O–H groups in total. The summed E-state index contributed by atoms with van der Waals surface area (Å²) in [6.45, 7) is 4.77. The molecule has 4 bridgehead atoms. The normalized spacial score (nSPS) is 27.3. The van der Waals surface area contributed by atoms with Crippen LogP contribution in [-0.4, -0.2) is 0 Å². The van der Waals surface area contributed by atoms with Gasteiger partial charge in [0.2, 0.25) is 0 Å². The second kappa shape index (κ2) is 9.23. The van der Waals surface area contributed by atoms with E-state index in [4.69, 9.17) is 0 Å². The molecular formula is C43H38BrN. The lowest BCUT2D eigenvalue weighted by atomic mass is 9.43. The van der Waals surface area contributed by atoms with Crippen molar-refractivity contribution in [1.29, 1.82) is 0 Å². The van der Waals surface area contributed by atoms with E-state index in [-0.39, 0.29) is 10.8 Å². The number of rotatable bonds is 3. The van der Waals surface area contributed by atoms with E-state index in [1.54, 1.807) is 11.1 Å². The molecule has 11 rings (SSSR count). The Morgan fingerprint density at radius 3 is 1.73 bits per heavy atom. The highest BCUT2D eigenvalue weighted by Crippen LogP contribution is 2.70. The van der Waals surface area contributed by atoms with Crippen LogP contribution in [0.5, 0.6) is 0 Å². The monoisotopic (exact) mass is 647 g/mol. The van der Waals surface area contributed by atoms with Crippen LogP contribution < -0.4 is 4.90 Å². The molecule has 0 amide bonds. The van der Waals surface area contributed by atoms with Crippen molar-refractivity contribution in [1.82, 2.24) is 0 Å². The maximum absolute atomic E-state index is 3.90. The Morgan fingerprint density at radius 1 is 0.511 bits per heavy atom. The fraction of sp³-hybridized carbons (Fsp3) is 0.302. The fourth-order valence-electron chi connectivity index (χ4n) is 11.1. The van der Waals surface area contributed by atoms with Crippen molar-refractivity contribution in [2.45, 2.75) is 56.8 Å². The number of nitrogens with zero attached hydrogens (tertiary/aromatic N) is 1. The molecule has 0 atom stereocenters. The average Bonchev–Trinajstić information content (AvgIpc) is 3.45. The minimum atomic E-state index is -0.0400. The summed E-state index contributed by atoms with van der Waals surface area (Å²) in [5, 5.41) is 0. The molecule has 0 aliphatic heterocycles. The second-order valence-electron chi connectivity index (χ2n) is 15.2. The lowest BCUT2D eigenvalue weighted by molar-refractivity contribution is -0.0399. The molecule has 4 saturated carbocycles. The van der Waals surface area contributed by atoms with Crippen LogP contribution in [0.2, 0.25) is 0 Å². The zero-order chi connectivity index (χ0) is 30.1. The van der Waals surface area contributed by atoms with Gasteiger partial charge in [0, 0.05) is 32.4 Å². The Morgan fingerprint density at radius 2 is 1.04 bits per heavy atom. The van der Waals surface area contributed by atoms with Gasteiger partial charge < -0.3 is 4.90 Å². The molecule has 2 heteroatoms. The predicted molar refractivity (Wildman–Crippen MR) is 190 cm³/mol. The number of fused-ring (bicyclic) bond motifs is 6. The highest BCUT2D eigenvalue weighted by molar-refractivity contribution is 9.10. The minimum Gasteiger partial charge on any atom is -0.310 e. The van der Waals surface area contributed by atoms with Gasteiger partial charge in [-0.1, -0.05) is 90.4 Å². The van der Waals surface area contributed by atoms with E-state index in [1.807, 2.05) is 0 Å². The molecule has 6 aliphatic carbocycles. The van der Waals surface area contributed by atoms with Gasteiger partial charge in [-0.15, -0.1) is 0 Å². The predicted octanol–water partition coefficient (Wildman–Crippen LogP) is 11.9. The quantitative estimate of drug-likeness (QED) is 0.188. The summed E-state index contributed by atoms with van der Waals surface area (Å²) >= 11 is 3.90. The number of benzene rings is 5. The number of hydrogen-bond acceptors (Lipinski definition) is 1. The van der Waals surface area contributed by atoms with Crippen molar-refractivity contribution in [3.63, 3.8) is 0 Å². The molecule has 0 radical (unpaired) electrons. The summed E-state index contributed by atoms with van der Waals surface area (Å²) in [5.41, 5.74) is 15.5. The Kier molecular flexibility index (Phi) is 5.45. The van der Waals surface area contributed by atoms with Crippen molar-refractivity contribution < 1.29 is 0 Å².